The van der Waals surface area contributed by atoms with E-state index in [1.165, 1.54) is 37.3 Å². The van der Waals surface area contributed by atoms with Crippen molar-refractivity contribution in [2.24, 2.45) is 44.6 Å². The van der Waals surface area contributed by atoms with E-state index in [1.807, 2.05) is 19.9 Å². The van der Waals surface area contributed by atoms with Crippen molar-refractivity contribution in [3.05, 3.63) is 107 Å². The Morgan fingerprint density at radius 1 is 0.618 bits per heavy atom. The number of nitrogens with one attached hydrogen (secondary N) is 6. The number of carbonyl (C=O) groups is 7. The van der Waals surface area contributed by atoms with E-state index >= 15 is 0 Å². The number of guanidine groups is 2. The van der Waals surface area contributed by atoms with Gasteiger partial charge in [-0.1, -0.05) is 68.4 Å². The summed E-state index contributed by atoms with van der Waals surface area (Å²) in [5.41, 5.74) is 29.9. The highest BCUT2D eigenvalue weighted by Gasteiger charge is 2.33. The molecule has 0 unspecified atom stereocenters. The van der Waals surface area contributed by atoms with E-state index in [2.05, 4.69) is 41.9 Å². The Morgan fingerprint density at radius 2 is 1.13 bits per heavy atom. The van der Waals surface area contributed by atoms with Gasteiger partial charge in [0.2, 0.25) is 41.4 Å². The van der Waals surface area contributed by atoms with E-state index in [9.17, 15) is 38.0 Å². The molecular formula is C47H64FN13O7. The maximum absolute atomic E-state index is 14.5. The first-order valence-electron chi connectivity index (χ1n) is 22.1. The van der Waals surface area contributed by atoms with Crippen LogP contribution in [0.15, 0.2) is 94.9 Å². The lowest BCUT2D eigenvalue weighted by atomic mass is 9.99. The van der Waals surface area contributed by atoms with Gasteiger partial charge in [-0.2, -0.15) is 0 Å². The molecule has 7 amide bonds. The van der Waals surface area contributed by atoms with Crippen LogP contribution >= 0.6 is 0 Å². The molecule has 0 fully saturated rings. The molecule has 68 heavy (non-hydrogen) atoms. The third kappa shape index (κ3) is 21.0. The maximum atomic E-state index is 14.5. The average Bonchev–Trinajstić information content (AvgIpc) is 3.27. The van der Waals surface area contributed by atoms with Gasteiger partial charge in [0.25, 0.3) is 0 Å². The number of carbonyl (C=O) groups excluding carboxylic acids is 7. The number of aliphatic imine (C=N–C) groups is 2. The lowest BCUT2D eigenvalue weighted by Crippen LogP contribution is -2.59. The number of amides is 7. The molecule has 366 valence electrons. The quantitative estimate of drug-likeness (QED) is 0.0212. The summed E-state index contributed by atoms with van der Waals surface area (Å²) in [4.78, 5) is 102. The van der Waals surface area contributed by atoms with Gasteiger partial charge in [0, 0.05) is 38.9 Å². The molecular weight excluding hydrogens is 878 g/mol. The highest BCUT2D eigenvalue weighted by atomic mass is 19.1. The molecule has 0 aromatic heterocycles. The average molecular weight is 942 g/mol. The molecule has 3 rings (SSSR count). The van der Waals surface area contributed by atoms with Gasteiger partial charge in [-0.15, -0.1) is 0 Å². The standard InChI is InChI=1S/C47H64FN13O7/c1-28(2)25-37(43(66)59-36(12-8-24-55-46(50)51)42(65)58-35(41(49)64)11-7-23-54-29(3)62)60-45(68)39(27-32-15-20-34(21-16-32)56-47(52)53)61-44(67)38(26-31-13-18-33(48)19-14-31)57-40(63)22-17-30-9-5-4-6-10-30/h4-6,9-10,13-22,28,35-39H,7-8,11-12,23-27H2,1-3H3,(H2,49,64)(H,54,62)(H,57,63)(H,58,65)(H,59,66)(H,60,68)(H,61,67)(H4,50,51,55)(H4,52,53,56)/b22-17+/t35-,36-,37-,38-,39-/m0/s1. The fraction of sp³-hybridized carbons (Fsp3) is 0.383. The first-order chi connectivity index (χ1) is 32.3. The zero-order chi connectivity index (χ0) is 50.2. The molecule has 0 aliphatic carbocycles. The monoisotopic (exact) mass is 942 g/mol. The Hall–Kier alpha value is -7.84. The van der Waals surface area contributed by atoms with Crippen LogP contribution < -0.4 is 60.6 Å². The molecule has 20 nitrogen and oxygen atoms in total. The normalized spacial score (nSPS) is 13.1. The van der Waals surface area contributed by atoms with Crippen LogP contribution in [-0.2, 0) is 46.4 Å². The maximum Gasteiger partial charge on any atom is 0.244 e. The van der Waals surface area contributed by atoms with Crippen LogP contribution in [0.3, 0.4) is 0 Å². The Labute approximate surface area is 395 Å². The van der Waals surface area contributed by atoms with Crippen LogP contribution in [0.2, 0.25) is 0 Å². The van der Waals surface area contributed by atoms with Crippen molar-refractivity contribution < 1.29 is 38.0 Å². The molecule has 0 bridgehead atoms. The van der Waals surface area contributed by atoms with Gasteiger partial charge in [0.15, 0.2) is 11.9 Å². The van der Waals surface area contributed by atoms with Crippen LogP contribution in [0.25, 0.3) is 6.08 Å². The predicted molar refractivity (Wildman–Crippen MR) is 257 cm³/mol. The van der Waals surface area contributed by atoms with E-state index in [4.69, 9.17) is 28.7 Å². The summed E-state index contributed by atoms with van der Waals surface area (Å²) in [5, 5.41) is 16.1. The van der Waals surface area contributed by atoms with Crippen molar-refractivity contribution in [3.8, 4) is 0 Å². The molecule has 16 N–H and O–H groups in total. The number of rotatable bonds is 27. The third-order valence-corrected chi connectivity index (χ3v) is 10.1. The molecule has 0 heterocycles. The number of hydrogen-bond acceptors (Lipinski definition) is 9. The molecule has 0 spiro atoms. The van der Waals surface area contributed by atoms with Crippen molar-refractivity contribution in [1.82, 2.24) is 31.9 Å². The van der Waals surface area contributed by atoms with E-state index in [-0.39, 0.29) is 75.4 Å². The fourth-order valence-corrected chi connectivity index (χ4v) is 6.74. The second kappa shape index (κ2) is 28.3. The number of nitrogens with zero attached hydrogens (tertiary/aromatic N) is 2. The van der Waals surface area contributed by atoms with Crippen LogP contribution in [0.4, 0.5) is 10.1 Å². The minimum Gasteiger partial charge on any atom is -0.370 e. The van der Waals surface area contributed by atoms with Gasteiger partial charge in [-0.05, 0) is 85.1 Å². The smallest absolute Gasteiger partial charge is 0.244 e. The van der Waals surface area contributed by atoms with E-state index in [0.29, 0.717) is 23.2 Å². The lowest BCUT2D eigenvalue weighted by molar-refractivity contribution is -0.135. The Balaban J connectivity index is 1.96. The van der Waals surface area contributed by atoms with Gasteiger partial charge in [-0.3, -0.25) is 38.6 Å². The van der Waals surface area contributed by atoms with Gasteiger partial charge in [0.05, 0.1) is 5.69 Å². The topological polar surface area (TPSA) is 346 Å². The summed E-state index contributed by atoms with van der Waals surface area (Å²) in [6.45, 7) is 5.30. The van der Waals surface area contributed by atoms with Crippen molar-refractivity contribution in [2.75, 3.05) is 13.1 Å². The minimum atomic E-state index is -1.36. The van der Waals surface area contributed by atoms with E-state index in [1.54, 1.807) is 54.6 Å². The van der Waals surface area contributed by atoms with Gasteiger partial charge >= 0.3 is 0 Å². The first-order valence-corrected chi connectivity index (χ1v) is 22.1. The second-order valence-corrected chi connectivity index (χ2v) is 16.4. The summed E-state index contributed by atoms with van der Waals surface area (Å²) in [5.74, 6) is -5.83. The van der Waals surface area contributed by atoms with Crippen LogP contribution in [-0.4, -0.2) is 96.6 Å². The van der Waals surface area contributed by atoms with Crippen molar-refractivity contribution in [1.29, 1.82) is 0 Å². The van der Waals surface area contributed by atoms with Gasteiger partial charge in [-0.25, -0.2) is 9.38 Å². The van der Waals surface area contributed by atoms with E-state index in [0.717, 1.165) is 5.56 Å². The zero-order valence-corrected chi connectivity index (χ0v) is 38.5. The van der Waals surface area contributed by atoms with Crippen LogP contribution in [0.5, 0.6) is 0 Å². The molecule has 0 aliphatic heterocycles. The SMILES string of the molecule is CC(=O)NCCC[C@H](NC(=O)[C@H](CCCN=C(N)N)NC(=O)[C@H](CC(C)C)NC(=O)[C@H](Cc1ccc(N=C(N)N)cc1)NC(=O)[C@H](Cc1ccc(F)cc1)NC(=O)/C=C/c1ccccc1)C(N)=O. The Kier molecular flexibility index (Phi) is 22.6. The number of hydrogen-bond donors (Lipinski definition) is 11. The summed E-state index contributed by atoms with van der Waals surface area (Å²) < 4.78 is 13.9. The second-order valence-electron chi connectivity index (χ2n) is 16.4. The van der Waals surface area contributed by atoms with Crippen molar-refractivity contribution in [3.63, 3.8) is 0 Å². The highest BCUT2D eigenvalue weighted by Crippen LogP contribution is 2.16. The Bertz CT molecular complexity index is 2250. The van der Waals surface area contributed by atoms with Crippen molar-refractivity contribution >= 4 is 65.0 Å². The number of halogens is 1. The summed E-state index contributed by atoms with van der Waals surface area (Å²) in [7, 11) is 0. The molecule has 0 saturated heterocycles. The molecule has 3 aromatic carbocycles. The van der Waals surface area contributed by atoms with Gasteiger partial charge in [0.1, 0.15) is 36.0 Å². The summed E-state index contributed by atoms with van der Waals surface area (Å²) >= 11 is 0. The molecule has 5 atom stereocenters. The summed E-state index contributed by atoms with van der Waals surface area (Å²) in [6, 6.07) is 14.5. The summed E-state index contributed by atoms with van der Waals surface area (Å²) in [6.07, 6.45) is 3.31. The lowest BCUT2D eigenvalue weighted by Gasteiger charge is -2.28. The third-order valence-electron chi connectivity index (χ3n) is 10.1. The highest BCUT2D eigenvalue weighted by molar-refractivity contribution is 5.98. The van der Waals surface area contributed by atoms with Gasteiger partial charge < -0.3 is 60.6 Å². The first kappa shape index (κ1) is 54.5. The minimum absolute atomic E-state index is 0.00427. The van der Waals surface area contributed by atoms with Crippen molar-refractivity contribution in [2.45, 2.75) is 95.9 Å². The van der Waals surface area contributed by atoms with Crippen LogP contribution in [0, 0.1) is 11.7 Å². The number of nitrogens with two attached hydrogens (primary N) is 5. The molecule has 0 saturated carbocycles. The number of primary amides is 1. The molecule has 21 heteroatoms. The fourth-order valence-electron chi connectivity index (χ4n) is 6.74. The molecule has 0 aliphatic rings. The Morgan fingerprint density at radius 3 is 1.69 bits per heavy atom. The van der Waals surface area contributed by atoms with Crippen LogP contribution in [0.1, 0.15) is 69.6 Å². The molecule has 0 radical (unpaired) electrons. The zero-order valence-electron chi connectivity index (χ0n) is 38.5. The largest absolute Gasteiger partial charge is 0.370 e. The van der Waals surface area contributed by atoms with E-state index < -0.39 is 71.5 Å². The number of benzene rings is 3. The predicted octanol–water partition coefficient (Wildman–Crippen LogP) is 0.154. The molecule has 3 aromatic rings.